The van der Waals surface area contributed by atoms with E-state index in [4.69, 9.17) is 10.8 Å². The van der Waals surface area contributed by atoms with E-state index in [1.54, 1.807) is 0 Å². The highest BCUT2D eigenvalue weighted by Crippen LogP contribution is 2.32. The van der Waals surface area contributed by atoms with Crippen molar-refractivity contribution in [1.82, 2.24) is 34.7 Å². The van der Waals surface area contributed by atoms with E-state index in [2.05, 4.69) is 36.4 Å². The van der Waals surface area contributed by atoms with E-state index < -0.39 is 0 Å². The minimum Gasteiger partial charge on any atom is -0.355 e. The maximum Gasteiger partial charge on any atom is 0.411 e. The van der Waals surface area contributed by atoms with Gasteiger partial charge in [-0.05, 0) is 51.3 Å². The summed E-state index contributed by atoms with van der Waals surface area (Å²) in [6.45, 7) is 8.91. The average molecular weight is 540 g/mol. The average Bonchev–Trinajstić information content (AvgIpc) is 3.52. The number of aryl methyl sites for hydroxylation is 3. The molecule has 11 nitrogen and oxygen atoms in total. The van der Waals surface area contributed by atoms with Gasteiger partial charge in [0.05, 0.1) is 12.1 Å². The number of hydrogen-bond donors (Lipinski definition) is 3. The summed E-state index contributed by atoms with van der Waals surface area (Å²) in [4.78, 5) is 23.7. The first-order valence-electron chi connectivity index (χ1n) is 13.7. The van der Waals surface area contributed by atoms with E-state index in [-0.39, 0.29) is 11.6 Å². The molecule has 5 N–H and O–H groups in total. The van der Waals surface area contributed by atoms with Gasteiger partial charge >= 0.3 is 11.6 Å². The predicted octanol–water partition coefficient (Wildman–Crippen LogP) is 2.53. The van der Waals surface area contributed by atoms with Crippen molar-refractivity contribution < 1.29 is 4.98 Å². The third-order valence-electron chi connectivity index (χ3n) is 7.51. The molecular formula is C29H35N10O+. The Labute approximate surface area is 232 Å². The van der Waals surface area contributed by atoms with Gasteiger partial charge in [0.1, 0.15) is 5.69 Å². The van der Waals surface area contributed by atoms with Crippen LogP contribution >= 0.6 is 0 Å². The van der Waals surface area contributed by atoms with Gasteiger partial charge < -0.3 is 10.2 Å². The largest absolute Gasteiger partial charge is 0.411 e. The second kappa shape index (κ2) is 10.6. The molecule has 0 unspecified atom stereocenters. The van der Waals surface area contributed by atoms with Gasteiger partial charge in [0, 0.05) is 54.4 Å². The zero-order chi connectivity index (χ0) is 27.8. The molecule has 0 radical (unpaired) electrons. The number of H-pyrrole nitrogens is 2. The summed E-state index contributed by atoms with van der Waals surface area (Å²) in [6, 6.07) is 16.5. The zero-order valence-electron chi connectivity index (χ0n) is 23.1. The van der Waals surface area contributed by atoms with Crippen molar-refractivity contribution in [3.05, 3.63) is 76.1 Å². The number of aromatic nitrogens is 7. The smallest absolute Gasteiger partial charge is 0.355 e. The van der Waals surface area contributed by atoms with Gasteiger partial charge in [-0.3, -0.25) is 15.8 Å². The number of rotatable bonds is 7. The molecule has 5 aromatic rings. The number of hydrogen-bond acceptors (Lipinski definition) is 7. The Morgan fingerprint density at radius 1 is 1.05 bits per heavy atom. The van der Waals surface area contributed by atoms with Crippen molar-refractivity contribution in [2.24, 2.45) is 0 Å². The van der Waals surface area contributed by atoms with Crippen molar-refractivity contribution in [2.45, 2.75) is 46.2 Å². The van der Waals surface area contributed by atoms with Crippen LogP contribution in [0.3, 0.4) is 0 Å². The summed E-state index contributed by atoms with van der Waals surface area (Å²) in [7, 11) is 0. The minimum absolute atomic E-state index is 0.241. The van der Waals surface area contributed by atoms with Gasteiger partial charge in [-0.15, -0.1) is 9.50 Å². The first-order chi connectivity index (χ1) is 19.4. The normalized spacial score (nSPS) is 14.3. The maximum atomic E-state index is 13.5. The number of nitrogen functional groups attached to an aromatic ring is 1. The Balaban J connectivity index is 1.27. The zero-order valence-corrected chi connectivity index (χ0v) is 23.1. The standard InChI is InChI=1S/C29H34N10O/c1-18-15-22(16-19(2)32-18)25-26(21-7-5-4-6-8-21)33-28(30)39-27(25)36-38(29(39)40)14-11-31-23-9-12-37(13-10-23)24-17-20(3)34-35-24/h4-8,15-17,23,31H,9-14H2,1-3H3,(H2,30,33)(H,34,35)/p+1. The van der Waals surface area contributed by atoms with Crippen LogP contribution in [0.4, 0.5) is 11.8 Å². The SMILES string of the molecule is Cc1cc(-c2c(-c3ccccc3)[nH+]c(N)n3c(=O)n(CCNC4CCN(c5cc(C)[nH]n5)CC4)nc23)cc(C)n1. The number of pyridine rings is 1. The number of nitrogens with two attached hydrogens (primary N) is 1. The topological polar surface area (TPSA) is 136 Å². The highest BCUT2D eigenvalue weighted by atomic mass is 16.2. The predicted molar refractivity (Wildman–Crippen MR) is 155 cm³/mol. The molecule has 0 spiro atoms. The molecule has 0 amide bonds. The van der Waals surface area contributed by atoms with Gasteiger partial charge in [0.2, 0.25) is 5.65 Å². The monoisotopic (exact) mass is 539 g/mol. The van der Waals surface area contributed by atoms with E-state index in [0.29, 0.717) is 24.8 Å². The van der Waals surface area contributed by atoms with Gasteiger partial charge in [-0.2, -0.15) is 9.78 Å². The quantitative estimate of drug-likeness (QED) is 0.289. The molecule has 4 aromatic heterocycles. The van der Waals surface area contributed by atoms with E-state index in [1.807, 2.05) is 63.2 Å². The highest BCUT2D eigenvalue weighted by Gasteiger charge is 2.26. The molecule has 0 bridgehead atoms. The first kappa shape index (κ1) is 25.8. The molecule has 1 aliphatic rings. The first-order valence-corrected chi connectivity index (χ1v) is 13.7. The lowest BCUT2D eigenvalue weighted by Crippen LogP contribution is -2.44. The minimum atomic E-state index is -0.266. The van der Waals surface area contributed by atoms with Crippen LogP contribution in [0.25, 0.3) is 28.0 Å². The van der Waals surface area contributed by atoms with E-state index in [0.717, 1.165) is 71.2 Å². The number of benzene rings is 1. The lowest BCUT2D eigenvalue weighted by Gasteiger charge is -2.32. The molecule has 0 atom stereocenters. The van der Waals surface area contributed by atoms with Crippen molar-refractivity contribution in [3.63, 3.8) is 0 Å². The van der Waals surface area contributed by atoms with Crippen molar-refractivity contribution >= 4 is 17.4 Å². The third kappa shape index (κ3) is 4.95. The molecule has 1 aromatic carbocycles. The van der Waals surface area contributed by atoms with Crippen LogP contribution < -0.4 is 26.6 Å². The summed E-state index contributed by atoms with van der Waals surface area (Å²) in [5, 5.41) is 15.8. The highest BCUT2D eigenvalue weighted by molar-refractivity contribution is 5.88. The van der Waals surface area contributed by atoms with Crippen LogP contribution in [0.1, 0.15) is 29.9 Å². The Kier molecular flexibility index (Phi) is 6.81. The van der Waals surface area contributed by atoms with Crippen LogP contribution in [-0.2, 0) is 6.54 Å². The second-order valence-corrected chi connectivity index (χ2v) is 10.6. The molecule has 1 fully saturated rings. The molecule has 0 saturated carbocycles. The van der Waals surface area contributed by atoms with E-state index >= 15 is 0 Å². The number of nitrogens with one attached hydrogen (secondary N) is 3. The van der Waals surface area contributed by atoms with Crippen molar-refractivity contribution in [1.29, 1.82) is 0 Å². The van der Waals surface area contributed by atoms with Gasteiger partial charge in [0.15, 0.2) is 5.82 Å². The Hall–Kier alpha value is -4.51. The molecule has 6 rings (SSSR count). The van der Waals surface area contributed by atoms with Gasteiger partial charge in [-0.25, -0.2) is 9.78 Å². The molecule has 1 aliphatic heterocycles. The fraction of sp³-hybridized carbons (Fsp3) is 0.345. The molecule has 206 valence electrons. The number of anilines is 2. The number of fused-ring (bicyclic) bond motifs is 1. The maximum absolute atomic E-state index is 13.5. The lowest BCUT2D eigenvalue weighted by molar-refractivity contribution is -0.351. The Bertz CT molecular complexity index is 1690. The van der Waals surface area contributed by atoms with Crippen LogP contribution in [0.15, 0.2) is 53.3 Å². The number of nitrogens with zero attached hydrogens (tertiary/aromatic N) is 6. The summed E-state index contributed by atoms with van der Waals surface area (Å²) in [6.07, 6.45) is 2.03. The van der Waals surface area contributed by atoms with E-state index in [9.17, 15) is 4.79 Å². The van der Waals surface area contributed by atoms with Crippen molar-refractivity contribution in [2.75, 3.05) is 30.3 Å². The third-order valence-corrected chi connectivity index (χ3v) is 7.51. The molecule has 1 saturated heterocycles. The van der Waals surface area contributed by atoms with Crippen molar-refractivity contribution in [3.8, 4) is 22.4 Å². The van der Waals surface area contributed by atoms with Crippen LogP contribution in [0.5, 0.6) is 0 Å². The summed E-state index contributed by atoms with van der Waals surface area (Å²) < 4.78 is 2.98. The van der Waals surface area contributed by atoms with E-state index in [1.165, 1.54) is 9.08 Å². The van der Waals surface area contributed by atoms with Gasteiger partial charge in [-0.1, -0.05) is 30.3 Å². The molecule has 40 heavy (non-hydrogen) atoms. The van der Waals surface area contributed by atoms with Gasteiger partial charge in [0.25, 0.3) is 0 Å². The number of aromatic amines is 2. The Morgan fingerprint density at radius 2 is 1.77 bits per heavy atom. The lowest BCUT2D eigenvalue weighted by atomic mass is 9.99. The second-order valence-electron chi connectivity index (χ2n) is 10.6. The van der Waals surface area contributed by atoms with Crippen LogP contribution in [0.2, 0.25) is 0 Å². The molecule has 5 heterocycles. The summed E-state index contributed by atoms with van der Waals surface area (Å²) >= 11 is 0. The molecular weight excluding hydrogens is 504 g/mol. The molecule has 0 aliphatic carbocycles. The molecule has 11 heteroatoms. The fourth-order valence-electron chi connectivity index (χ4n) is 5.62. The summed E-state index contributed by atoms with van der Waals surface area (Å²) in [5.41, 5.74) is 13.1. The van der Waals surface area contributed by atoms with Crippen LogP contribution in [-0.4, -0.2) is 55.0 Å². The summed E-state index contributed by atoms with van der Waals surface area (Å²) in [5.74, 6) is 1.25. The number of piperidine rings is 1. The van der Waals surface area contributed by atoms with Crippen LogP contribution in [0, 0.1) is 20.8 Å². The Morgan fingerprint density at radius 3 is 2.45 bits per heavy atom. The fourth-order valence-corrected chi connectivity index (χ4v) is 5.62.